The van der Waals surface area contributed by atoms with Crippen molar-refractivity contribution in [3.05, 3.63) is 113 Å². The summed E-state index contributed by atoms with van der Waals surface area (Å²) in [5, 5.41) is 6.72. The molecule has 1 N–H and O–H groups in total. The molecule has 15 heteroatoms. The smallest absolute Gasteiger partial charge is 0.219 e. The van der Waals surface area contributed by atoms with Crippen LogP contribution in [0.1, 0.15) is 29.2 Å². The van der Waals surface area contributed by atoms with E-state index < -0.39 is 0 Å². The molecule has 4 aromatic rings. The van der Waals surface area contributed by atoms with Crippen molar-refractivity contribution in [3.8, 4) is 0 Å². The number of pyridine rings is 2. The average molecular weight is 809 g/mol. The van der Waals surface area contributed by atoms with Gasteiger partial charge in [-0.3, -0.25) is 4.79 Å². The number of halogens is 6. The number of nitrogens with one attached hydrogen (secondary N) is 1. The maximum absolute atomic E-state index is 12.1. The molecule has 9 nitrogen and oxygen atoms in total. The summed E-state index contributed by atoms with van der Waals surface area (Å²) in [6.45, 7) is 5.60. The summed E-state index contributed by atoms with van der Waals surface area (Å²) in [6, 6.07) is 18.4. The van der Waals surface area contributed by atoms with Crippen molar-refractivity contribution < 1.29 is 4.79 Å². The Bertz CT molecular complexity index is 1910. The van der Waals surface area contributed by atoms with Crippen LogP contribution in [-0.2, 0) is 30.7 Å². The topological polar surface area (TPSA) is 89.3 Å². The zero-order valence-corrected chi connectivity index (χ0v) is 32.8. The van der Waals surface area contributed by atoms with Gasteiger partial charge in [0.2, 0.25) is 5.91 Å². The van der Waals surface area contributed by atoms with E-state index in [-0.39, 0.29) is 5.91 Å². The molecule has 51 heavy (non-hydrogen) atoms. The number of hydrogen-bond acceptors (Lipinski definition) is 8. The lowest BCUT2D eigenvalue weighted by Gasteiger charge is -2.26. The van der Waals surface area contributed by atoms with Crippen LogP contribution in [-0.4, -0.2) is 82.5 Å². The minimum atomic E-state index is -0.00964. The van der Waals surface area contributed by atoms with Gasteiger partial charge in [-0.25, -0.2) is 20.0 Å². The molecule has 0 bridgehead atoms. The van der Waals surface area contributed by atoms with Gasteiger partial charge in [0.1, 0.15) is 22.0 Å². The first-order valence-electron chi connectivity index (χ1n) is 16.1. The number of nitrogens with zero attached hydrogens (tertiary/aromatic N) is 7. The highest BCUT2D eigenvalue weighted by Gasteiger charge is 2.21. The second-order valence-corrected chi connectivity index (χ2v) is 14.7. The van der Waals surface area contributed by atoms with Gasteiger partial charge >= 0.3 is 0 Å². The van der Waals surface area contributed by atoms with Gasteiger partial charge < -0.3 is 20.0 Å². The number of carbonyl (C=O) groups is 1. The van der Waals surface area contributed by atoms with Crippen LogP contribution in [0.3, 0.4) is 0 Å². The second-order valence-electron chi connectivity index (χ2n) is 12.2. The number of rotatable bonds is 10. The highest BCUT2D eigenvalue weighted by molar-refractivity contribution is 6.35. The molecule has 0 atom stereocenters. The summed E-state index contributed by atoms with van der Waals surface area (Å²) >= 11 is 36.0. The van der Waals surface area contributed by atoms with E-state index in [2.05, 4.69) is 30.2 Å². The van der Waals surface area contributed by atoms with Gasteiger partial charge in [-0.2, -0.15) is 0 Å². The third-order valence-corrected chi connectivity index (χ3v) is 9.51. The molecule has 2 aromatic carbocycles. The monoisotopic (exact) mass is 806 g/mol. The summed E-state index contributed by atoms with van der Waals surface area (Å²) in [6.07, 6.45) is 1.50. The molecule has 6 rings (SSSR count). The van der Waals surface area contributed by atoms with Crippen LogP contribution < -0.4 is 5.32 Å². The first kappa shape index (κ1) is 39.1. The Hall–Kier alpha value is -3.15. The summed E-state index contributed by atoms with van der Waals surface area (Å²) in [7, 11) is 3.99. The highest BCUT2D eigenvalue weighted by atomic mass is 35.5. The predicted molar refractivity (Wildman–Crippen MR) is 211 cm³/mol. The molecule has 2 aliphatic rings. The van der Waals surface area contributed by atoms with Gasteiger partial charge in [-0.15, -0.1) is 0 Å². The summed E-state index contributed by atoms with van der Waals surface area (Å²) in [5.41, 5.74) is 4.13. The van der Waals surface area contributed by atoms with Gasteiger partial charge in [0.15, 0.2) is 11.6 Å². The first-order chi connectivity index (χ1) is 24.3. The average Bonchev–Trinajstić information content (AvgIpc) is 3.68. The molecule has 2 aromatic heterocycles. The molecule has 4 heterocycles. The summed E-state index contributed by atoms with van der Waals surface area (Å²) < 4.78 is 0. The molecular formula is C36H36Cl6N8O. The van der Waals surface area contributed by atoms with E-state index in [9.17, 15) is 4.79 Å². The third-order valence-electron chi connectivity index (χ3n) is 8.21. The Kier molecular flexibility index (Phi) is 13.8. The predicted octanol–water partition coefficient (Wildman–Crippen LogP) is 8.96. The van der Waals surface area contributed by atoms with Crippen molar-refractivity contribution in [1.82, 2.24) is 30.0 Å². The zero-order valence-electron chi connectivity index (χ0n) is 28.2. The lowest BCUT2D eigenvalue weighted by atomic mass is 10.2. The zero-order chi connectivity index (χ0) is 36.7. The molecule has 2 aliphatic heterocycles. The van der Waals surface area contributed by atoms with Crippen LogP contribution in [0, 0.1) is 0 Å². The fourth-order valence-electron chi connectivity index (χ4n) is 5.47. The lowest BCUT2D eigenvalue weighted by molar-refractivity contribution is -0.129. The van der Waals surface area contributed by atoms with E-state index in [0.29, 0.717) is 62.3 Å². The quantitative estimate of drug-likeness (QED) is 0.127. The Morgan fingerprint density at radius 2 is 1.14 bits per heavy atom. The van der Waals surface area contributed by atoms with Crippen molar-refractivity contribution >= 4 is 98.8 Å². The SMILES string of the molecule is CC(=O)N(CCN(C)C1=Nc2nc(Cl)ccc2C1)Cc1cc(Cl)cc(Cl)c1.CN(CCNCc1cc(Cl)cc(Cl)c1)C1=Nc2nc(Cl)ccc2C1. The van der Waals surface area contributed by atoms with Gasteiger partial charge in [-0.1, -0.05) is 81.7 Å². The molecule has 0 saturated heterocycles. The normalized spacial score (nSPS) is 12.7. The van der Waals surface area contributed by atoms with Crippen LogP contribution in [0.2, 0.25) is 30.4 Å². The van der Waals surface area contributed by atoms with Crippen LogP contribution in [0.25, 0.3) is 0 Å². The van der Waals surface area contributed by atoms with Crippen LogP contribution in [0.5, 0.6) is 0 Å². The Morgan fingerprint density at radius 1 is 0.667 bits per heavy atom. The standard InChI is InChI=1S/C19H19Cl3N4O.C17H17Cl3N4/c1-12(27)26(11-13-7-15(20)10-16(21)8-13)6-5-25(2)18-9-14-3-4-17(22)23-19(14)24-18;1-24(16-8-12-2-3-15(20)22-17(12)23-16)5-4-21-10-11-6-13(18)9-14(19)7-11/h3-4,7-8,10H,5-6,9,11H2,1-2H3;2-3,6-7,9,21H,4-5,8,10H2,1H3. The van der Waals surface area contributed by atoms with Crippen molar-refractivity contribution in [2.45, 2.75) is 32.9 Å². The minimum absolute atomic E-state index is 0.00964. The number of hydrogen-bond donors (Lipinski definition) is 1. The molecule has 0 unspecified atom stereocenters. The number of aromatic nitrogens is 2. The minimum Gasteiger partial charge on any atom is -0.361 e. The number of fused-ring (bicyclic) bond motifs is 2. The number of likely N-dealkylation sites (N-methyl/N-ethyl adjacent to an activating group) is 2. The fourth-order valence-corrected chi connectivity index (χ4v) is 6.90. The van der Waals surface area contributed by atoms with E-state index in [1.165, 1.54) is 0 Å². The molecule has 268 valence electrons. The Morgan fingerprint density at radius 3 is 1.63 bits per heavy atom. The van der Waals surface area contributed by atoms with Crippen LogP contribution in [0.4, 0.5) is 11.6 Å². The number of amides is 1. The highest BCUT2D eigenvalue weighted by Crippen LogP contribution is 2.28. The maximum atomic E-state index is 12.1. The van der Waals surface area contributed by atoms with Gasteiger partial charge in [0, 0.05) is 104 Å². The number of amidine groups is 2. The molecule has 1 amide bonds. The summed E-state index contributed by atoms with van der Waals surface area (Å²) in [4.78, 5) is 35.6. The first-order valence-corrected chi connectivity index (χ1v) is 18.3. The van der Waals surface area contributed by atoms with E-state index in [1.54, 1.807) is 36.1 Å². The Balaban J connectivity index is 0.000000199. The molecular weight excluding hydrogens is 773 g/mol. The van der Waals surface area contributed by atoms with Gasteiger partial charge in [-0.05, 0) is 59.7 Å². The fraction of sp³-hybridized carbons (Fsp3) is 0.306. The largest absolute Gasteiger partial charge is 0.361 e. The molecule has 0 fully saturated rings. The van der Waals surface area contributed by atoms with E-state index in [4.69, 9.17) is 69.6 Å². The summed E-state index contributed by atoms with van der Waals surface area (Å²) in [5.74, 6) is 3.30. The van der Waals surface area contributed by atoms with Gasteiger partial charge in [0.05, 0.1) is 0 Å². The van der Waals surface area contributed by atoms with Crippen molar-refractivity contribution in [3.63, 3.8) is 0 Å². The number of carbonyl (C=O) groups excluding carboxylic acids is 1. The molecule has 0 aliphatic carbocycles. The van der Waals surface area contributed by atoms with E-state index >= 15 is 0 Å². The molecule has 0 radical (unpaired) electrons. The van der Waals surface area contributed by atoms with Crippen molar-refractivity contribution in [1.29, 1.82) is 0 Å². The van der Waals surface area contributed by atoms with Gasteiger partial charge in [0.25, 0.3) is 0 Å². The van der Waals surface area contributed by atoms with Crippen molar-refractivity contribution in [2.75, 3.05) is 40.3 Å². The number of aliphatic imine (C=N–C) groups is 2. The number of benzene rings is 2. The third kappa shape index (κ3) is 11.4. The lowest BCUT2D eigenvalue weighted by Crippen LogP contribution is -2.38. The second kappa shape index (κ2) is 18.1. The van der Waals surface area contributed by atoms with Crippen LogP contribution >= 0.6 is 69.6 Å². The van der Waals surface area contributed by atoms with Crippen LogP contribution in [0.15, 0.2) is 70.6 Å². The maximum Gasteiger partial charge on any atom is 0.219 e. The Labute approximate surface area is 328 Å². The van der Waals surface area contributed by atoms with Crippen molar-refractivity contribution in [2.24, 2.45) is 9.98 Å². The van der Waals surface area contributed by atoms with E-state index in [1.807, 2.05) is 55.4 Å². The molecule has 0 saturated carbocycles. The molecule has 0 spiro atoms. The van der Waals surface area contributed by atoms with E-state index in [0.717, 1.165) is 65.8 Å².